The Morgan fingerprint density at radius 3 is 1.15 bits per heavy atom. The molecule has 0 saturated heterocycles. The van der Waals surface area contributed by atoms with Gasteiger partial charge in [-0.1, -0.05) is 194 Å². The van der Waals surface area contributed by atoms with Crippen LogP contribution >= 0.6 is 7.82 Å². The molecular weight excluding hydrogens is 952 g/mol. The van der Waals surface area contributed by atoms with Gasteiger partial charge in [0.15, 0.2) is 6.10 Å². The Hall–Kier alpha value is -4.12. The molecule has 0 spiro atoms. The van der Waals surface area contributed by atoms with Gasteiger partial charge in [-0.3, -0.25) is 23.4 Å². The van der Waals surface area contributed by atoms with Crippen molar-refractivity contribution in [3.8, 4) is 0 Å². The lowest BCUT2D eigenvalue weighted by Crippen LogP contribution is -2.30. The van der Waals surface area contributed by atoms with Crippen molar-refractivity contribution in [3.63, 3.8) is 0 Å². The molecule has 0 radical (unpaired) electrons. The summed E-state index contributed by atoms with van der Waals surface area (Å²) in [4.78, 5) is 48.5. The van der Waals surface area contributed by atoms with Crippen molar-refractivity contribution in [1.82, 2.24) is 0 Å². The van der Waals surface area contributed by atoms with E-state index in [1.807, 2.05) is 12.2 Å². The molecule has 74 heavy (non-hydrogen) atoms. The molecule has 0 aromatic carbocycles. The molecule has 0 heterocycles. The second kappa shape index (κ2) is 55.1. The molecule has 3 unspecified atom stereocenters. The van der Waals surface area contributed by atoms with Crippen LogP contribution in [0.3, 0.4) is 0 Å². The predicted octanol–water partition coefficient (Wildman–Crippen LogP) is 16.8. The number of carbonyl (C=O) groups is 3. The summed E-state index contributed by atoms with van der Waals surface area (Å²) in [6.45, 7) is 4.26. The van der Waals surface area contributed by atoms with Crippen LogP contribution in [-0.2, 0) is 42.2 Å². The SMILES string of the molecule is CC/C=C\C/C=C\C/C=C\C/C=C\C/C=C\CCCC(=O)OC(COC(=O)CCCCCCCCC/C=C\C/C=C\CCCCC)COP(=O)(O)OCC(CO)OC(=O)CCCCC/C=C\C/C=C\C/C=C\CC. The number of ether oxygens (including phenoxy) is 3. The van der Waals surface area contributed by atoms with Crippen LogP contribution in [0.2, 0.25) is 0 Å². The van der Waals surface area contributed by atoms with Crippen molar-refractivity contribution in [2.75, 3.05) is 26.4 Å². The second-order valence-electron chi connectivity index (χ2n) is 18.3. The van der Waals surface area contributed by atoms with Gasteiger partial charge in [-0.05, 0) is 122 Å². The number of allylic oxidation sites excluding steroid dienone is 20. The van der Waals surface area contributed by atoms with Gasteiger partial charge in [0.1, 0.15) is 12.7 Å². The molecule has 0 saturated carbocycles. The third-order valence-corrected chi connectivity index (χ3v) is 12.3. The Morgan fingerprint density at radius 2 is 0.716 bits per heavy atom. The van der Waals surface area contributed by atoms with E-state index in [-0.39, 0.29) is 25.9 Å². The third-order valence-electron chi connectivity index (χ3n) is 11.3. The maximum atomic E-state index is 12.9. The number of unbranched alkanes of at least 4 members (excludes halogenated alkanes) is 14. The van der Waals surface area contributed by atoms with Gasteiger partial charge in [-0.2, -0.15) is 0 Å². The fraction of sp³-hybridized carbons (Fsp3) is 0.629. The van der Waals surface area contributed by atoms with Crippen LogP contribution in [0.25, 0.3) is 0 Å². The molecule has 0 fully saturated rings. The Labute approximate surface area is 449 Å². The Balaban J connectivity index is 4.87. The number of phosphoric acid groups is 1. The summed E-state index contributed by atoms with van der Waals surface area (Å²) < 4.78 is 39.4. The average molecular weight is 1050 g/mol. The summed E-state index contributed by atoms with van der Waals surface area (Å²) in [5.74, 6) is -1.59. The van der Waals surface area contributed by atoms with E-state index >= 15 is 0 Å². The lowest BCUT2D eigenvalue weighted by molar-refractivity contribution is -0.161. The molecule has 420 valence electrons. The number of aliphatic hydroxyl groups is 1. The van der Waals surface area contributed by atoms with Crippen LogP contribution in [0, 0.1) is 0 Å². The van der Waals surface area contributed by atoms with Crippen molar-refractivity contribution >= 4 is 25.7 Å². The fourth-order valence-electron chi connectivity index (χ4n) is 7.08. The van der Waals surface area contributed by atoms with Crippen LogP contribution < -0.4 is 0 Å². The Bertz CT molecular complexity index is 1700. The zero-order valence-corrected chi connectivity index (χ0v) is 47.2. The molecule has 0 aliphatic rings. The number of aliphatic hydroxyl groups excluding tert-OH is 1. The second-order valence-corrected chi connectivity index (χ2v) is 19.8. The molecule has 0 amide bonds. The summed E-state index contributed by atoms with van der Waals surface area (Å²) in [5.41, 5.74) is 0. The van der Waals surface area contributed by atoms with E-state index in [2.05, 4.69) is 130 Å². The van der Waals surface area contributed by atoms with Crippen LogP contribution in [0.15, 0.2) is 122 Å². The minimum atomic E-state index is -4.78. The van der Waals surface area contributed by atoms with Gasteiger partial charge in [-0.15, -0.1) is 0 Å². The largest absolute Gasteiger partial charge is 0.472 e. The number of hydrogen-bond acceptors (Lipinski definition) is 10. The molecule has 0 aromatic rings. The molecule has 0 aliphatic carbocycles. The zero-order chi connectivity index (χ0) is 54.1. The van der Waals surface area contributed by atoms with E-state index in [1.54, 1.807) is 0 Å². The molecular formula is C62H101O11P. The molecule has 0 aromatic heterocycles. The van der Waals surface area contributed by atoms with Gasteiger partial charge in [-0.25, -0.2) is 4.57 Å². The van der Waals surface area contributed by atoms with Crippen molar-refractivity contribution < 1.29 is 52.2 Å². The zero-order valence-electron chi connectivity index (χ0n) is 46.3. The van der Waals surface area contributed by atoms with Crippen LogP contribution in [0.1, 0.15) is 213 Å². The lowest BCUT2D eigenvalue weighted by atomic mass is 10.1. The first-order valence-electron chi connectivity index (χ1n) is 28.4. The van der Waals surface area contributed by atoms with E-state index < -0.39 is 57.8 Å². The number of carbonyl (C=O) groups excluding carboxylic acids is 3. The van der Waals surface area contributed by atoms with E-state index in [9.17, 15) is 28.9 Å². The monoisotopic (exact) mass is 1050 g/mol. The minimum Gasteiger partial charge on any atom is -0.462 e. The summed E-state index contributed by atoms with van der Waals surface area (Å²) in [7, 11) is -4.78. The highest BCUT2D eigenvalue weighted by molar-refractivity contribution is 7.47. The molecule has 3 atom stereocenters. The first-order valence-corrected chi connectivity index (χ1v) is 29.9. The number of rotatable bonds is 51. The highest BCUT2D eigenvalue weighted by atomic mass is 31.2. The van der Waals surface area contributed by atoms with Crippen LogP contribution in [0.4, 0.5) is 0 Å². The molecule has 0 rings (SSSR count). The predicted molar refractivity (Wildman–Crippen MR) is 306 cm³/mol. The Morgan fingerprint density at radius 1 is 0.392 bits per heavy atom. The number of hydrogen-bond donors (Lipinski definition) is 2. The van der Waals surface area contributed by atoms with E-state index in [1.165, 1.54) is 38.5 Å². The van der Waals surface area contributed by atoms with Crippen LogP contribution in [0.5, 0.6) is 0 Å². The van der Waals surface area contributed by atoms with Gasteiger partial charge in [0.25, 0.3) is 0 Å². The van der Waals surface area contributed by atoms with Crippen molar-refractivity contribution in [3.05, 3.63) is 122 Å². The van der Waals surface area contributed by atoms with Gasteiger partial charge in [0.2, 0.25) is 0 Å². The summed E-state index contributed by atoms with van der Waals surface area (Å²) in [5, 5.41) is 9.80. The molecule has 0 aliphatic heterocycles. The third kappa shape index (κ3) is 52.7. The topological polar surface area (TPSA) is 155 Å². The summed E-state index contributed by atoms with van der Waals surface area (Å²) >= 11 is 0. The van der Waals surface area contributed by atoms with Gasteiger partial charge < -0.3 is 24.2 Å². The smallest absolute Gasteiger partial charge is 0.462 e. The summed E-state index contributed by atoms with van der Waals surface area (Å²) in [6, 6.07) is 0. The molecule has 12 heteroatoms. The maximum absolute atomic E-state index is 12.9. The minimum absolute atomic E-state index is 0.0790. The highest BCUT2D eigenvalue weighted by Crippen LogP contribution is 2.43. The fourth-order valence-corrected chi connectivity index (χ4v) is 7.87. The van der Waals surface area contributed by atoms with Crippen molar-refractivity contribution in [1.29, 1.82) is 0 Å². The first-order chi connectivity index (χ1) is 36.2. The van der Waals surface area contributed by atoms with Gasteiger partial charge in [0.05, 0.1) is 19.8 Å². The molecule has 11 nitrogen and oxygen atoms in total. The maximum Gasteiger partial charge on any atom is 0.472 e. The lowest BCUT2D eigenvalue weighted by Gasteiger charge is -2.21. The standard InChI is InChI=1S/C62H101O11P/c1-4-7-10-13-16-19-22-25-27-29-31-34-36-39-42-45-48-51-60(64)69-55-59(73-62(66)53-50-47-44-41-38-35-32-30-28-26-23-20-17-14-11-8-5-2)57-71-74(67,68)70-56-58(54-63)72-61(65)52-49-46-43-40-37-33-24-21-18-15-12-9-6-3/h8-9,11-12,16-21,25-28,32-33,35,37,41,44,58-59,63H,4-7,10,13-15,22-24,29-31,34,36,38-40,42-43,45-57H2,1-3H3,(H,67,68)/b11-8-,12-9-,19-16-,20-17-,21-18-,27-25-,28-26-,35-32-,37-33-,44-41-. The average Bonchev–Trinajstić information content (AvgIpc) is 3.39. The van der Waals surface area contributed by atoms with Gasteiger partial charge >= 0.3 is 25.7 Å². The van der Waals surface area contributed by atoms with E-state index in [0.717, 1.165) is 109 Å². The quantitative estimate of drug-likeness (QED) is 0.0197. The van der Waals surface area contributed by atoms with Gasteiger partial charge in [0, 0.05) is 19.3 Å². The normalized spacial score (nSPS) is 14.3. The number of phosphoric ester groups is 1. The highest BCUT2D eigenvalue weighted by Gasteiger charge is 2.28. The van der Waals surface area contributed by atoms with E-state index in [0.29, 0.717) is 25.7 Å². The van der Waals surface area contributed by atoms with Crippen molar-refractivity contribution in [2.24, 2.45) is 0 Å². The molecule has 0 bridgehead atoms. The van der Waals surface area contributed by atoms with Crippen molar-refractivity contribution in [2.45, 2.75) is 226 Å². The Kier molecular flexibility index (Phi) is 52.1. The summed E-state index contributed by atoms with van der Waals surface area (Å²) in [6.07, 6.45) is 67.4. The first kappa shape index (κ1) is 69.9. The molecule has 2 N–H and O–H groups in total. The van der Waals surface area contributed by atoms with Crippen LogP contribution in [-0.4, -0.2) is 66.5 Å². The van der Waals surface area contributed by atoms with E-state index in [4.69, 9.17) is 23.3 Å². The number of esters is 3.